The predicted octanol–water partition coefficient (Wildman–Crippen LogP) is 2.75. The third-order valence-electron chi connectivity index (χ3n) is 3.52. The van der Waals surface area contributed by atoms with Gasteiger partial charge in [0.15, 0.2) is 0 Å². The van der Waals surface area contributed by atoms with Gasteiger partial charge in [-0.2, -0.15) is 0 Å². The fourth-order valence-electron chi connectivity index (χ4n) is 2.41. The van der Waals surface area contributed by atoms with Gasteiger partial charge in [-0.15, -0.1) is 0 Å². The zero-order valence-electron chi connectivity index (χ0n) is 11.2. The highest BCUT2D eigenvalue weighted by atomic mass is 19.1. The van der Waals surface area contributed by atoms with E-state index in [-0.39, 0.29) is 11.6 Å². The molecule has 0 spiro atoms. The van der Waals surface area contributed by atoms with Crippen molar-refractivity contribution < 1.29 is 19.0 Å². The number of fused-ring (bicyclic) bond motifs is 1. The van der Waals surface area contributed by atoms with Crippen molar-refractivity contribution in [1.29, 1.82) is 0 Å². The summed E-state index contributed by atoms with van der Waals surface area (Å²) in [6.45, 7) is 0.980. The molecule has 21 heavy (non-hydrogen) atoms. The first kappa shape index (κ1) is 13.6. The van der Waals surface area contributed by atoms with Gasteiger partial charge in [0.2, 0.25) is 0 Å². The van der Waals surface area contributed by atoms with Crippen LogP contribution in [-0.4, -0.2) is 17.7 Å². The first-order valence-corrected chi connectivity index (χ1v) is 6.62. The molecule has 1 unspecified atom stereocenters. The molecule has 0 saturated carbocycles. The van der Waals surface area contributed by atoms with E-state index < -0.39 is 11.8 Å². The number of halogens is 1. The molecule has 0 radical (unpaired) electrons. The summed E-state index contributed by atoms with van der Waals surface area (Å²) < 4.78 is 19.2. The maximum atomic E-state index is 13.6. The van der Waals surface area contributed by atoms with E-state index in [4.69, 9.17) is 9.84 Å². The van der Waals surface area contributed by atoms with Gasteiger partial charge in [-0.1, -0.05) is 24.3 Å². The van der Waals surface area contributed by atoms with Crippen molar-refractivity contribution in [2.75, 3.05) is 6.61 Å². The number of benzene rings is 2. The molecule has 0 fully saturated rings. The molecule has 108 valence electrons. The number of carbonyl (C=O) groups is 1. The van der Waals surface area contributed by atoms with Crippen LogP contribution in [0, 0.1) is 5.82 Å². The number of ether oxygens (including phenoxy) is 1. The molecular weight excluding hydrogens is 273 g/mol. The summed E-state index contributed by atoms with van der Waals surface area (Å²) in [5, 5.41) is 12.1. The molecule has 0 saturated heterocycles. The molecule has 4 nitrogen and oxygen atoms in total. The molecule has 2 aromatic rings. The minimum absolute atomic E-state index is 0.0587. The van der Waals surface area contributed by atoms with Gasteiger partial charge in [0.25, 0.3) is 0 Å². The molecule has 0 amide bonds. The molecule has 5 heteroatoms. The smallest absolute Gasteiger partial charge is 0.338 e. The topological polar surface area (TPSA) is 58.6 Å². The molecule has 1 aliphatic rings. The lowest BCUT2D eigenvalue weighted by Gasteiger charge is -2.12. The first-order chi connectivity index (χ1) is 10.1. The second-order valence-electron chi connectivity index (χ2n) is 4.90. The Morgan fingerprint density at radius 3 is 2.90 bits per heavy atom. The summed E-state index contributed by atoms with van der Waals surface area (Å²) in [4.78, 5) is 10.8. The van der Waals surface area contributed by atoms with Crippen LogP contribution in [0.2, 0.25) is 0 Å². The zero-order valence-corrected chi connectivity index (χ0v) is 11.2. The second-order valence-corrected chi connectivity index (χ2v) is 4.90. The number of hydrogen-bond donors (Lipinski definition) is 2. The summed E-state index contributed by atoms with van der Waals surface area (Å²) in [5.41, 5.74) is 1.47. The van der Waals surface area contributed by atoms with Gasteiger partial charge in [0, 0.05) is 12.1 Å². The molecule has 1 aliphatic heterocycles. The fraction of sp³-hybridized carbons (Fsp3) is 0.188. The SMILES string of the molecule is O=C(O)c1ccc(CNC2COc3ccccc32)cc1F. The van der Waals surface area contributed by atoms with Gasteiger partial charge in [-0.05, 0) is 23.8 Å². The van der Waals surface area contributed by atoms with Crippen molar-refractivity contribution in [2.24, 2.45) is 0 Å². The number of nitrogens with one attached hydrogen (secondary N) is 1. The number of hydrogen-bond acceptors (Lipinski definition) is 3. The van der Waals surface area contributed by atoms with Crippen LogP contribution in [0.4, 0.5) is 4.39 Å². The Hall–Kier alpha value is -2.40. The van der Waals surface area contributed by atoms with E-state index in [1.807, 2.05) is 24.3 Å². The molecule has 2 aromatic carbocycles. The molecule has 2 N–H and O–H groups in total. The summed E-state index contributed by atoms with van der Waals surface area (Å²) in [7, 11) is 0. The van der Waals surface area contributed by atoms with Crippen molar-refractivity contribution in [3.63, 3.8) is 0 Å². The Morgan fingerprint density at radius 1 is 1.33 bits per heavy atom. The average molecular weight is 287 g/mol. The monoisotopic (exact) mass is 287 g/mol. The third kappa shape index (κ3) is 2.73. The molecule has 3 rings (SSSR count). The van der Waals surface area contributed by atoms with Gasteiger partial charge in [-0.25, -0.2) is 9.18 Å². The van der Waals surface area contributed by atoms with Crippen LogP contribution in [0.25, 0.3) is 0 Å². The van der Waals surface area contributed by atoms with Crippen LogP contribution >= 0.6 is 0 Å². The largest absolute Gasteiger partial charge is 0.491 e. The Bertz CT molecular complexity index is 687. The first-order valence-electron chi connectivity index (χ1n) is 6.62. The highest BCUT2D eigenvalue weighted by Crippen LogP contribution is 2.31. The molecule has 1 atom stereocenters. The number of rotatable bonds is 4. The van der Waals surface area contributed by atoms with Gasteiger partial charge >= 0.3 is 5.97 Å². The van der Waals surface area contributed by atoms with E-state index in [0.717, 1.165) is 11.3 Å². The van der Waals surface area contributed by atoms with Gasteiger partial charge < -0.3 is 15.2 Å². The van der Waals surface area contributed by atoms with Crippen molar-refractivity contribution >= 4 is 5.97 Å². The van der Waals surface area contributed by atoms with Gasteiger partial charge in [0.1, 0.15) is 18.2 Å². The normalized spacial score (nSPS) is 16.3. The van der Waals surface area contributed by atoms with Crippen LogP contribution in [0.15, 0.2) is 42.5 Å². The summed E-state index contributed by atoms with van der Waals surface area (Å²) in [5.74, 6) is -1.11. The number of para-hydroxylation sites is 1. The highest BCUT2D eigenvalue weighted by molar-refractivity contribution is 5.87. The summed E-state index contributed by atoms with van der Waals surface area (Å²) in [6.07, 6.45) is 0. The number of carboxylic acid groups (broad SMARTS) is 1. The van der Waals surface area contributed by atoms with E-state index in [0.29, 0.717) is 18.7 Å². The predicted molar refractivity (Wildman–Crippen MR) is 74.9 cm³/mol. The van der Waals surface area contributed by atoms with E-state index in [2.05, 4.69) is 5.32 Å². The van der Waals surface area contributed by atoms with Crippen LogP contribution in [0.5, 0.6) is 5.75 Å². The van der Waals surface area contributed by atoms with Crippen molar-refractivity contribution in [2.45, 2.75) is 12.6 Å². The maximum absolute atomic E-state index is 13.6. The third-order valence-corrected chi connectivity index (χ3v) is 3.52. The van der Waals surface area contributed by atoms with Crippen molar-refractivity contribution in [3.8, 4) is 5.75 Å². The van der Waals surface area contributed by atoms with Gasteiger partial charge in [-0.3, -0.25) is 0 Å². The van der Waals surface area contributed by atoms with Crippen molar-refractivity contribution in [1.82, 2.24) is 5.32 Å². The van der Waals surface area contributed by atoms with E-state index in [1.54, 1.807) is 6.07 Å². The van der Waals surface area contributed by atoms with Crippen LogP contribution < -0.4 is 10.1 Å². The molecule has 0 aromatic heterocycles. The summed E-state index contributed by atoms with van der Waals surface area (Å²) >= 11 is 0. The molecule has 1 heterocycles. The van der Waals surface area contributed by atoms with E-state index in [9.17, 15) is 9.18 Å². The summed E-state index contributed by atoms with van der Waals surface area (Å²) in [6, 6.07) is 12.0. The molecule has 0 aliphatic carbocycles. The van der Waals surface area contributed by atoms with Crippen LogP contribution in [0.1, 0.15) is 27.5 Å². The van der Waals surface area contributed by atoms with Crippen LogP contribution in [-0.2, 0) is 6.54 Å². The van der Waals surface area contributed by atoms with Crippen molar-refractivity contribution in [3.05, 3.63) is 65.0 Å². The Kier molecular flexibility index (Phi) is 3.58. The minimum Gasteiger partial charge on any atom is -0.491 e. The minimum atomic E-state index is -1.26. The Balaban J connectivity index is 1.69. The fourth-order valence-corrected chi connectivity index (χ4v) is 2.41. The van der Waals surface area contributed by atoms with Crippen LogP contribution in [0.3, 0.4) is 0 Å². The van der Waals surface area contributed by atoms with Gasteiger partial charge in [0.05, 0.1) is 11.6 Å². The second kappa shape index (κ2) is 5.54. The Morgan fingerprint density at radius 2 is 2.14 bits per heavy atom. The average Bonchev–Trinajstić information content (AvgIpc) is 2.88. The lowest BCUT2D eigenvalue weighted by Crippen LogP contribution is -2.22. The molecular formula is C16H14FNO3. The Labute approximate surface area is 121 Å². The lowest BCUT2D eigenvalue weighted by molar-refractivity contribution is 0.0692. The lowest BCUT2D eigenvalue weighted by atomic mass is 10.1. The number of aromatic carboxylic acids is 1. The maximum Gasteiger partial charge on any atom is 0.338 e. The highest BCUT2D eigenvalue weighted by Gasteiger charge is 2.22. The number of carboxylic acids is 1. The molecule has 0 bridgehead atoms. The van der Waals surface area contributed by atoms with E-state index in [1.165, 1.54) is 12.1 Å². The quantitative estimate of drug-likeness (QED) is 0.908. The zero-order chi connectivity index (χ0) is 14.8. The standard InChI is InChI=1S/C16H14FNO3/c17-13-7-10(5-6-11(13)16(19)20)8-18-14-9-21-15-4-2-1-3-12(14)15/h1-7,14,18H,8-9H2,(H,19,20). The van der Waals surface area contributed by atoms with E-state index >= 15 is 0 Å².